The Morgan fingerprint density at radius 2 is 1.94 bits per heavy atom. The number of rotatable bonds is 4. The van der Waals surface area contributed by atoms with Gasteiger partial charge in [-0.3, -0.25) is 0 Å². The van der Waals surface area contributed by atoms with Gasteiger partial charge in [0.25, 0.3) is 0 Å². The van der Waals surface area contributed by atoms with E-state index in [0.29, 0.717) is 6.07 Å². The molecule has 1 aromatic rings. The highest BCUT2D eigenvalue weighted by Gasteiger charge is 2.28. The summed E-state index contributed by atoms with van der Waals surface area (Å²) in [7, 11) is -2.90. The molecule has 0 radical (unpaired) electrons. The lowest BCUT2D eigenvalue weighted by molar-refractivity contribution is 0.213. The second kappa shape index (κ2) is 5.60. The van der Waals surface area contributed by atoms with Gasteiger partial charge in [0.2, 0.25) is 10.0 Å². The Morgan fingerprint density at radius 3 is 2.44 bits per heavy atom. The van der Waals surface area contributed by atoms with Crippen LogP contribution in [0.1, 0.15) is 6.92 Å². The second-order valence-corrected chi connectivity index (χ2v) is 6.57. The van der Waals surface area contributed by atoms with Crippen molar-refractivity contribution < 1.29 is 22.3 Å². The van der Waals surface area contributed by atoms with Crippen LogP contribution in [-0.2, 0) is 10.0 Å². The molecule has 0 saturated carbocycles. The summed E-state index contributed by atoms with van der Waals surface area (Å²) >= 11 is 2.80. The molecule has 1 unspecified atom stereocenters. The number of likely N-dealkylation sites (N-methyl/N-ethyl adjacent to an activating group) is 1. The molecule has 1 atom stereocenters. The number of halogens is 3. The quantitative estimate of drug-likeness (QED) is 0.847. The fourth-order valence-corrected chi connectivity index (χ4v) is 3.13. The van der Waals surface area contributed by atoms with Crippen molar-refractivity contribution >= 4 is 26.0 Å². The first-order valence-electron chi connectivity index (χ1n) is 4.95. The average Bonchev–Trinajstić information content (AvgIpc) is 2.31. The lowest BCUT2D eigenvalue weighted by atomic mass is 10.3. The van der Waals surface area contributed by atoms with Gasteiger partial charge in [0.15, 0.2) is 0 Å². The van der Waals surface area contributed by atoms with Crippen LogP contribution in [0.15, 0.2) is 21.5 Å². The first-order valence-corrected chi connectivity index (χ1v) is 7.18. The summed E-state index contributed by atoms with van der Waals surface area (Å²) in [4.78, 5) is -0.640. The Bertz CT molecular complexity index is 550. The zero-order valence-corrected chi connectivity index (χ0v) is 12.1. The molecular formula is C10H12BrF2NO3S. The van der Waals surface area contributed by atoms with E-state index in [-0.39, 0.29) is 4.47 Å². The van der Waals surface area contributed by atoms with E-state index in [1.165, 1.54) is 14.0 Å². The third-order valence-electron chi connectivity index (χ3n) is 2.52. The van der Waals surface area contributed by atoms with Gasteiger partial charge in [-0.2, -0.15) is 4.31 Å². The SMILES string of the molecule is CC(CO)N(C)S(=O)(=O)c1cc(Br)c(F)cc1F. The van der Waals surface area contributed by atoms with Gasteiger partial charge in [-0.15, -0.1) is 0 Å². The Kier molecular flexibility index (Phi) is 4.82. The number of hydrogen-bond donors (Lipinski definition) is 1. The van der Waals surface area contributed by atoms with Crippen molar-refractivity contribution in [1.29, 1.82) is 0 Å². The van der Waals surface area contributed by atoms with Gasteiger partial charge < -0.3 is 5.11 Å². The number of nitrogens with zero attached hydrogens (tertiary/aromatic N) is 1. The van der Waals surface area contributed by atoms with Crippen LogP contribution in [0.5, 0.6) is 0 Å². The maximum atomic E-state index is 13.5. The molecule has 0 aliphatic rings. The molecule has 18 heavy (non-hydrogen) atoms. The molecule has 0 aromatic heterocycles. The Labute approximate surface area is 112 Å². The molecule has 0 heterocycles. The fourth-order valence-electron chi connectivity index (χ4n) is 1.21. The monoisotopic (exact) mass is 343 g/mol. The standard InChI is InChI=1S/C10H12BrF2NO3S/c1-6(5-15)14(2)18(16,17)10-3-7(11)8(12)4-9(10)13/h3-4,6,15H,5H2,1-2H3. The Balaban J connectivity index is 3.33. The number of sulfonamides is 1. The second-order valence-electron chi connectivity index (χ2n) is 3.75. The van der Waals surface area contributed by atoms with Crippen LogP contribution in [0.4, 0.5) is 8.78 Å². The van der Waals surface area contributed by atoms with Crippen molar-refractivity contribution in [2.45, 2.75) is 17.9 Å². The summed E-state index contributed by atoms with van der Waals surface area (Å²) in [5.74, 6) is -2.06. The molecule has 0 saturated heterocycles. The van der Waals surface area contributed by atoms with Gasteiger partial charge in [-0.25, -0.2) is 17.2 Å². The third-order valence-corrected chi connectivity index (χ3v) is 5.11. The van der Waals surface area contributed by atoms with Crippen molar-refractivity contribution in [3.8, 4) is 0 Å². The van der Waals surface area contributed by atoms with Crippen LogP contribution in [0.25, 0.3) is 0 Å². The van der Waals surface area contributed by atoms with Crippen LogP contribution in [0.3, 0.4) is 0 Å². The predicted molar refractivity (Wildman–Crippen MR) is 65.6 cm³/mol. The van der Waals surface area contributed by atoms with Crippen molar-refractivity contribution in [3.63, 3.8) is 0 Å². The molecule has 4 nitrogen and oxygen atoms in total. The summed E-state index contributed by atoms with van der Waals surface area (Å²) in [6.07, 6.45) is 0. The average molecular weight is 344 g/mol. The molecule has 102 valence electrons. The van der Waals surface area contributed by atoms with Gasteiger partial charge in [-0.05, 0) is 28.9 Å². The Hall–Kier alpha value is -0.570. The molecule has 8 heteroatoms. The molecule has 0 bridgehead atoms. The molecule has 0 amide bonds. The van der Waals surface area contributed by atoms with E-state index < -0.39 is 39.2 Å². The van der Waals surface area contributed by atoms with E-state index >= 15 is 0 Å². The topological polar surface area (TPSA) is 57.6 Å². The molecule has 0 fully saturated rings. The highest BCUT2D eigenvalue weighted by Crippen LogP contribution is 2.26. The molecule has 0 aliphatic heterocycles. The van der Waals surface area contributed by atoms with Gasteiger partial charge in [0.1, 0.15) is 16.5 Å². The minimum Gasteiger partial charge on any atom is -0.395 e. The van der Waals surface area contributed by atoms with E-state index in [1.807, 2.05) is 0 Å². The van der Waals surface area contributed by atoms with Crippen molar-refractivity contribution in [1.82, 2.24) is 4.31 Å². The summed E-state index contributed by atoms with van der Waals surface area (Å²) in [6, 6.07) is 0.646. The van der Waals surface area contributed by atoms with Crippen molar-refractivity contribution in [3.05, 3.63) is 28.2 Å². The minimum absolute atomic E-state index is 0.146. The number of aliphatic hydroxyl groups is 1. The normalized spacial score (nSPS) is 13.9. The van der Waals surface area contributed by atoms with Crippen LogP contribution < -0.4 is 0 Å². The van der Waals surface area contributed by atoms with Crippen LogP contribution in [-0.4, -0.2) is 37.5 Å². The number of hydrogen-bond acceptors (Lipinski definition) is 3. The molecule has 1 N–H and O–H groups in total. The fraction of sp³-hybridized carbons (Fsp3) is 0.400. The van der Waals surface area contributed by atoms with E-state index in [9.17, 15) is 17.2 Å². The van der Waals surface area contributed by atoms with Gasteiger partial charge >= 0.3 is 0 Å². The van der Waals surface area contributed by atoms with E-state index in [2.05, 4.69) is 15.9 Å². The van der Waals surface area contributed by atoms with E-state index in [0.717, 1.165) is 10.4 Å². The highest BCUT2D eigenvalue weighted by molar-refractivity contribution is 9.10. The first kappa shape index (κ1) is 15.5. The third kappa shape index (κ3) is 2.87. The number of aliphatic hydroxyl groups excluding tert-OH is 1. The van der Waals surface area contributed by atoms with Gasteiger partial charge in [0, 0.05) is 19.2 Å². The lowest BCUT2D eigenvalue weighted by Gasteiger charge is -2.22. The van der Waals surface area contributed by atoms with E-state index in [1.54, 1.807) is 0 Å². The predicted octanol–water partition coefficient (Wildman–Crippen LogP) is 1.73. The molecule has 0 aliphatic carbocycles. The molecule has 1 aromatic carbocycles. The first-order chi connectivity index (χ1) is 8.21. The van der Waals surface area contributed by atoms with Gasteiger partial charge in [0.05, 0.1) is 11.1 Å². The highest BCUT2D eigenvalue weighted by atomic mass is 79.9. The lowest BCUT2D eigenvalue weighted by Crippen LogP contribution is -2.37. The molecular weight excluding hydrogens is 332 g/mol. The summed E-state index contributed by atoms with van der Waals surface area (Å²) in [5.41, 5.74) is 0. The molecule has 1 rings (SSSR count). The summed E-state index contributed by atoms with van der Waals surface area (Å²) in [5, 5.41) is 8.91. The van der Waals surface area contributed by atoms with Crippen LogP contribution in [0, 0.1) is 11.6 Å². The zero-order chi connectivity index (χ0) is 14.1. The van der Waals surface area contributed by atoms with Crippen LogP contribution >= 0.6 is 15.9 Å². The Morgan fingerprint density at radius 1 is 1.39 bits per heavy atom. The van der Waals surface area contributed by atoms with Crippen molar-refractivity contribution in [2.75, 3.05) is 13.7 Å². The minimum atomic E-state index is -4.12. The van der Waals surface area contributed by atoms with Crippen LogP contribution in [0.2, 0.25) is 0 Å². The summed E-state index contributed by atoms with van der Waals surface area (Å²) in [6.45, 7) is 1.06. The smallest absolute Gasteiger partial charge is 0.246 e. The maximum Gasteiger partial charge on any atom is 0.246 e. The van der Waals surface area contributed by atoms with Crippen molar-refractivity contribution in [2.24, 2.45) is 0 Å². The largest absolute Gasteiger partial charge is 0.395 e. The number of benzene rings is 1. The van der Waals surface area contributed by atoms with Gasteiger partial charge in [-0.1, -0.05) is 0 Å². The summed E-state index contributed by atoms with van der Waals surface area (Å²) < 4.78 is 51.3. The molecule has 0 spiro atoms. The maximum absolute atomic E-state index is 13.5. The van der Waals surface area contributed by atoms with E-state index in [4.69, 9.17) is 5.11 Å². The zero-order valence-electron chi connectivity index (χ0n) is 9.69.